The van der Waals surface area contributed by atoms with Gasteiger partial charge >= 0.3 is 5.97 Å². The lowest BCUT2D eigenvalue weighted by atomic mass is 9.97. The molecule has 0 radical (unpaired) electrons. The van der Waals surface area contributed by atoms with Crippen molar-refractivity contribution in [3.8, 4) is 11.5 Å². The first-order valence-corrected chi connectivity index (χ1v) is 8.28. The van der Waals surface area contributed by atoms with Gasteiger partial charge in [-0.3, -0.25) is 0 Å². The number of phenols is 2. The summed E-state index contributed by atoms with van der Waals surface area (Å²) in [6, 6.07) is 6.77. The van der Waals surface area contributed by atoms with E-state index in [0.717, 1.165) is 37.7 Å². The van der Waals surface area contributed by atoms with Gasteiger partial charge in [-0.25, -0.2) is 4.79 Å². The number of fused-ring (bicyclic) bond motifs is 1. The van der Waals surface area contributed by atoms with Crippen LogP contribution in [0.25, 0.3) is 10.8 Å². The van der Waals surface area contributed by atoms with E-state index in [9.17, 15) is 15.0 Å². The summed E-state index contributed by atoms with van der Waals surface area (Å²) < 4.78 is 5.50. The number of hydrogen-bond acceptors (Lipinski definition) is 4. The van der Waals surface area contributed by atoms with Crippen molar-refractivity contribution < 1.29 is 19.7 Å². The zero-order chi connectivity index (χ0) is 16.4. The Bertz CT molecular complexity index is 730. The second-order valence-corrected chi connectivity index (χ2v) is 6.19. The zero-order valence-corrected chi connectivity index (χ0v) is 13.3. The van der Waals surface area contributed by atoms with Crippen LogP contribution in [-0.2, 0) is 11.2 Å². The predicted molar refractivity (Wildman–Crippen MR) is 88.9 cm³/mol. The highest BCUT2D eigenvalue weighted by Crippen LogP contribution is 2.37. The SMILES string of the molecule is CCc1ccc2c(O)c(C(=O)OC3CCCCC3)cc(O)c2c1. The zero-order valence-electron chi connectivity index (χ0n) is 13.3. The third-order valence-electron chi connectivity index (χ3n) is 4.61. The number of aromatic hydroxyl groups is 2. The van der Waals surface area contributed by atoms with Crippen LogP contribution in [0.5, 0.6) is 11.5 Å². The summed E-state index contributed by atoms with van der Waals surface area (Å²) in [5.74, 6) is -0.698. The Morgan fingerprint density at radius 3 is 2.57 bits per heavy atom. The highest BCUT2D eigenvalue weighted by atomic mass is 16.5. The molecule has 0 spiro atoms. The molecule has 0 atom stereocenters. The van der Waals surface area contributed by atoms with Gasteiger partial charge in [0, 0.05) is 10.8 Å². The number of hydrogen-bond donors (Lipinski definition) is 2. The Balaban J connectivity index is 1.94. The van der Waals surface area contributed by atoms with Gasteiger partial charge in [-0.15, -0.1) is 0 Å². The first kappa shape index (κ1) is 15.7. The third kappa shape index (κ3) is 3.11. The topological polar surface area (TPSA) is 66.8 Å². The number of aryl methyl sites for hydroxylation is 1. The monoisotopic (exact) mass is 314 g/mol. The fourth-order valence-electron chi connectivity index (χ4n) is 3.21. The maximum absolute atomic E-state index is 12.4. The number of carbonyl (C=O) groups excluding carboxylic acids is 1. The van der Waals surface area contributed by atoms with Crippen molar-refractivity contribution in [1.29, 1.82) is 0 Å². The maximum atomic E-state index is 12.4. The molecule has 2 aromatic rings. The van der Waals surface area contributed by atoms with E-state index >= 15 is 0 Å². The van der Waals surface area contributed by atoms with E-state index in [-0.39, 0.29) is 23.2 Å². The molecular weight excluding hydrogens is 292 g/mol. The van der Waals surface area contributed by atoms with E-state index in [0.29, 0.717) is 10.8 Å². The Kier molecular flexibility index (Phi) is 4.42. The van der Waals surface area contributed by atoms with Crippen LogP contribution in [0.15, 0.2) is 24.3 Å². The van der Waals surface area contributed by atoms with Crippen molar-refractivity contribution in [3.63, 3.8) is 0 Å². The Labute approximate surface area is 135 Å². The molecule has 1 saturated carbocycles. The van der Waals surface area contributed by atoms with Crippen LogP contribution in [-0.4, -0.2) is 22.3 Å². The summed E-state index contributed by atoms with van der Waals surface area (Å²) >= 11 is 0. The highest BCUT2D eigenvalue weighted by Gasteiger charge is 2.23. The van der Waals surface area contributed by atoms with Crippen LogP contribution in [0.4, 0.5) is 0 Å². The molecule has 1 aliphatic carbocycles. The molecule has 0 unspecified atom stereocenters. The van der Waals surface area contributed by atoms with Crippen molar-refractivity contribution in [1.82, 2.24) is 0 Å². The minimum absolute atomic E-state index is 0.0105. The van der Waals surface area contributed by atoms with Gasteiger partial charge in [0.15, 0.2) is 0 Å². The fraction of sp³-hybridized carbons (Fsp3) is 0.421. The predicted octanol–water partition coefficient (Wildman–Crippen LogP) is 4.30. The fourth-order valence-corrected chi connectivity index (χ4v) is 3.21. The molecule has 0 aliphatic heterocycles. The van der Waals surface area contributed by atoms with Gasteiger partial charge in [0.2, 0.25) is 0 Å². The van der Waals surface area contributed by atoms with Gasteiger partial charge in [-0.2, -0.15) is 0 Å². The molecule has 0 heterocycles. The summed E-state index contributed by atoms with van der Waals surface area (Å²) in [7, 11) is 0. The lowest BCUT2D eigenvalue weighted by molar-refractivity contribution is 0.0208. The van der Waals surface area contributed by atoms with Crippen LogP contribution in [0.1, 0.15) is 54.9 Å². The number of carbonyl (C=O) groups is 1. The molecule has 0 amide bonds. The summed E-state index contributed by atoms with van der Waals surface area (Å²) in [5, 5.41) is 21.7. The third-order valence-corrected chi connectivity index (χ3v) is 4.61. The van der Waals surface area contributed by atoms with E-state index in [1.54, 1.807) is 6.07 Å². The summed E-state index contributed by atoms with van der Waals surface area (Å²) in [6.07, 6.45) is 5.78. The summed E-state index contributed by atoms with van der Waals surface area (Å²) in [4.78, 5) is 12.4. The van der Waals surface area contributed by atoms with E-state index < -0.39 is 5.97 Å². The van der Waals surface area contributed by atoms with Gasteiger partial charge < -0.3 is 14.9 Å². The number of phenolic OH excluding ortho intramolecular Hbond substituents is 2. The minimum Gasteiger partial charge on any atom is -0.507 e. The van der Waals surface area contributed by atoms with Crippen molar-refractivity contribution in [2.24, 2.45) is 0 Å². The molecule has 3 rings (SSSR count). The lowest BCUT2D eigenvalue weighted by Gasteiger charge is -2.22. The molecule has 1 aliphatic rings. The Hall–Kier alpha value is -2.23. The van der Waals surface area contributed by atoms with Crippen molar-refractivity contribution in [3.05, 3.63) is 35.4 Å². The molecule has 122 valence electrons. The first-order valence-electron chi connectivity index (χ1n) is 8.28. The molecule has 2 N–H and O–H groups in total. The van der Waals surface area contributed by atoms with Gasteiger partial charge in [0.05, 0.1) is 0 Å². The first-order chi connectivity index (χ1) is 11.1. The van der Waals surface area contributed by atoms with E-state index in [4.69, 9.17) is 4.74 Å². The van der Waals surface area contributed by atoms with Crippen LogP contribution < -0.4 is 0 Å². The summed E-state index contributed by atoms with van der Waals surface area (Å²) in [6.45, 7) is 2.02. The Morgan fingerprint density at radius 1 is 1.13 bits per heavy atom. The van der Waals surface area contributed by atoms with Crippen molar-refractivity contribution in [2.45, 2.75) is 51.6 Å². The van der Waals surface area contributed by atoms with Crippen molar-refractivity contribution >= 4 is 16.7 Å². The molecular formula is C19H22O4. The highest BCUT2D eigenvalue weighted by molar-refractivity contribution is 6.03. The van der Waals surface area contributed by atoms with Gasteiger partial charge in [-0.05, 0) is 49.8 Å². The minimum atomic E-state index is -0.564. The summed E-state index contributed by atoms with van der Waals surface area (Å²) in [5.41, 5.74) is 1.09. The van der Waals surface area contributed by atoms with Gasteiger partial charge in [0.1, 0.15) is 23.2 Å². The van der Waals surface area contributed by atoms with E-state index in [1.807, 2.05) is 19.1 Å². The van der Waals surface area contributed by atoms with Crippen LogP contribution in [0.2, 0.25) is 0 Å². The average Bonchev–Trinajstić information content (AvgIpc) is 2.58. The maximum Gasteiger partial charge on any atom is 0.342 e. The molecule has 0 saturated heterocycles. The van der Waals surface area contributed by atoms with Crippen LogP contribution >= 0.6 is 0 Å². The van der Waals surface area contributed by atoms with E-state index in [2.05, 4.69) is 0 Å². The van der Waals surface area contributed by atoms with Gasteiger partial charge in [0.25, 0.3) is 0 Å². The Morgan fingerprint density at radius 2 is 1.87 bits per heavy atom. The molecule has 0 bridgehead atoms. The largest absolute Gasteiger partial charge is 0.507 e. The second-order valence-electron chi connectivity index (χ2n) is 6.19. The quantitative estimate of drug-likeness (QED) is 0.654. The molecule has 4 nitrogen and oxygen atoms in total. The van der Waals surface area contributed by atoms with E-state index in [1.165, 1.54) is 12.5 Å². The molecule has 1 fully saturated rings. The average molecular weight is 314 g/mol. The second kappa shape index (κ2) is 6.49. The molecule has 2 aromatic carbocycles. The standard InChI is InChI=1S/C19H22O4/c1-2-12-8-9-14-15(10-12)17(20)11-16(18(14)21)19(22)23-13-6-4-3-5-7-13/h8-11,13,20-21H,2-7H2,1H3. The number of esters is 1. The normalized spacial score (nSPS) is 15.7. The van der Waals surface area contributed by atoms with Crippen LogP contribution in [0.3, 0.4) is 0 Å². The van der Waals surface area contributed by atoms with Crippen LogP contribution in [0, 0.1) is 0 Å². The molecule has 4 heteroatoms. The smallest absolute Gasteiger partial charge is 0.342 e. The number of benzene rings is 2. The molecule has 0 aromatic heterocycles. The van der Waals surface area contributed by atoms with Gasteiger partial charge in [-0.1, -0.05) is 25.5 Å². The molecule has 23 heavy (non-hydrogen) atoms. The number of rotatable bonds is 3. The van der Waals surface area contributed by atoms with Crippen molar-refractivity contribution in [2.75, 3.05) is 0 Å². The lowest BCUT2D eigenvalue weighted by Crippen LogP contribution is -2.21. The number of ether oxygens (including phenoxy) is 1.